The van der Waals surface area contributed by atoms with Gasteiger partial charge in [-0.2, -0.15) is 0 Å². The SMILES string of the molecule is Cc1ccc(-n2c(SCC(=O)Nc3ccc(N(C)C)cc3)nnc2-c2ccccc2Cl)cc1. The van der Waals surface area contributed by atoms with E-state index in [2.05, 4.69) is 15.5 Å². The first kappa shape index (κ1) is 22.9. The monoisotopic (exact) mass is 477 g/mol. The number of halogens is 1. The van der Waals surface area contributed by atoms with Gasteiger partial charge in [0.2, 0.25) is 5.91 Å². The molecule has 1 heterocycles. The molecule has 0 radical (unpaired) electrons. The van der Waals surface area contributed by atoms with E-state index in [1.165, 1.54) is 11.8 Å². The molecule has 0 bridgehead atoms. The molecular formula is C25H24ClN5OS. The Morgan fingerprint density at radius 2 is 1.70 bits per heavy atom. The molecule has 3 aromatic carbocycles. The average molecular weight is 478 g/mol. The molecule has 6 nitrogen and oxygen atoms in total. The molecule has 0 aliphatic rings. The van der Waals surface area contributed by atoms with Gasteiger partial charge in [-0.3, -0.25) is 9.36 Å². The van der Waals surface area contributed by atoms with Crippen molar-refractivity contribution in [2.45, 2.75) is 12.1 Å². The standard InChI is InChI=1S/C25H24ClN5OS/c1-17-8-12-20(13-9-17)31-24(21-6-4-5-7-22(21)26)28-29-25(31)33-16-23(32)27-18-10-14-19(15-11-18)30(2)3/h4-15H,16H2,1-3H3,(H,27,32). The normalized spacial score (nSPS) is 10.8. The third kappa shape index (κ3) is 5.38. The van der Waals surface area contributed by atoms with Crippen molar-refractivity contribution >= 4 is 40.6 Å². The lowest BCUT2D eigenvalue weighted by Crippen LogP contribution is -2.15. The first-order chi connectivity index (χ1) is 15.9. The first-order valence-electron chi connectivity index (χ1n) is 10.4. The molecule has 33 heavy (non-hydrogen) atoms. The molecule has 4 aromatic rings. The van der Waals surface area contributed by atoms with E-state index in [9.17, 15) is 4.79 Å². The van der Waals surface area contributed by atoms with Gasteiger partial charge in [0.15, 0.2) is 11.0 Å². The van der Waals surface area contributed by atoms with Crippen LogP contribution in [0, 0.1) is 6.92 Å². The summed E-state index contributed by atoms with van der Waals surface area (Å²) in [5.41, 5.74) is 4.66. The first-order valence-corrected chi connectivity index (χ1v) is 11.8. The van der Waals surface area contributed by atoms with Crippen LogP contribution in [-0.2, 0) is 4.79 Å². The van der Waals surface area contributed by atoms with E-state index in [0.29, 0.717) is 16.0 Å². The Morgan fingerprint density at radius 3 is 2.36 bits per heavy atom. The summed E-state index contributed by atoms with van der Waals surface area (Å²) in [6.45, 7) is 2.04. The molecule has 8 heteroatoms. The number of carbonyl (C=O) groups is 1. The van der Waals surface area contributed by atoms with Gasteiger partial charge in [-0.05, 0) is 55.5 Å². The predicted octanol–water partition coefficient (Wildman–Crippen LogP) is 5.69. The molecule has 0 aliphatic carbocycles. The molecule has 1 N–H and O–H groups in total. The predicted molar refractivity (Wildman–Crippen MR) is 137 cm³/mol. The second kappa shape index (κ2) is 10.1. The highest BCUT2D eigenvalue weighted by molar-refractivity contribution is 7.99. The van der Waals surface area contributed by atoms with Crippen molar-refractivity contribution in [3.63, 3.8) is 0 Å². The third-order valence-electron chi connectivity index (χ3n) is 5.04. The van der Waals surface area contributed by atoms with E-state index in [1.54, 1.807) is 0 Å². The van der Waals surface area contributed by atoms with Crippen molar-refractivity contribution < 1.29 is 4.79 Å². The molecule has 1 aromatic heterocycles. The van der Waals surface area contributed by atoms with E-state index < -0.39 is 0 Å². The maximum absolute atomic E-state index is 12.6. The maximum Gasteiger partial charge on any atom is 0.234 e. The number of aryl methyl sites for hydroxylation is 1. The number of hydrogen-bond donors (Lipinski definition) is 1. The third-order valence-corrected chi connectivity index (χ3v) is 6.30. The summed E-state index contributed by atoms with van der Waals surface area (Å²) < 4.78 is 1.93. The summed E-state index contributed by atoms with van der Waals surface area (Å²) >= 11 is 7.77. The molecule has 0 aliphatic heterocycles. The number of carbonyl (C=O) groups excluding carboxylic acids is 1. The fourth-order valence-electron chi connectivity index (χ4n) is 3.28. The van der Waals surface area contributed by atoms with E-state index in [-0.39, 0.29) is 11.7 Å². The van der Waals surface area contributed by atoms with Gasteiger partial charge in [-0.25, -0.2) is 0 Å². The van der Waals surface area contributed by atoms with Crippen molar-refractivity contribution in [1.29, 1.82) is 0 Å². The number of nitrogens with zero attached hydrogens (tertiary/aromatic N) is 4. The van der Waals surface area contributed by atoms with E-state index in [0.717, 1.165) is 28.2 Å². The minimum atomic E-state index is -0.115. The van der Waals surface area contributed by atoms with Crippen LogP contribution in [0.5, 0.6) is 0 Å². The minimum absolute atomic E-state index is 0.115. The number of hydrogen-bond acceptors (Lipinski definition) is 5. The Morgan fingerprint density at radius 1 is 1.00 bits per heavy atom. The van der Waals surface area contributed by atoms with E-state index in [1.807, 2.05) is 103 Å². The molecule has 0 saturated carbocycles. The fraction of sp³-hybridized carbons (Fsp3) is 0.160. The smallest absolute Gasteiger partial charge is 0.234 e. The molecule has 168 valence electrons. The lowest BCUT2D eigenvalue weighted by atomic mass is 10.2. The summed E-state index contributed by atoms with van der Waals surface area (Å²) in [5, 5.41) is 12.9. The lowest BCUT2D eigenvalue weighted by Gasteiger charge is -2.13. The Kier molecular flexibility index (Phi) is 7.01. The highest BCUT2D eigenvalue weighted by Crippen LogP contribution is 2.32. The highest BCUT2D eigenvalue weighted by atomic mass is 35.5. The number of anilines is 2. The molecule has 1 amide bonds. The van der Waals surface area contributed by atoms with Crippen LogP contribution in [0.15, 0.2) is 78.0 Å². The lowest BCUT2D eigenvalue weighted by molar-refractivity contribution is -0.113. The summed E-state index contributed by atoms with van der Waals surface area (Å²) in [7, 11) is 3.95. The molecule has 0 unspecified atom stereocenters. The summed E-state index contributed by atoms with van der Waals surface area (Å²) in [4.78, 5) is 14.6. The van der Waals surface area contributed by atoms with Gasteiger partial charge >= 0.3 is 0 Å². The molecule has 4 rings (SSSR count). The number of rotatable bonds is 7. The summed E-state index contributed by atoms with van der Waals surface area (Å²) in [6, 6.07) is 23.3. The van der Waals surface area contributed by atoms with Gasteiger partial charge in [0.1, 0.15) is 0 Å². The van der Waals surface area contributed by atoms with Gasteiger partial charge in [0, 0.05) is 36.7 Å². The van der Waals surface area contributed by atoms with E-state index in [4.69, 9.17) is 11.6 Å². The number of nitrogens with one attached hydrogen (secondary N) is 1. The topological polar surface area (TPSA) is 63.1 Å². The van der Waals surface area contributed by atoms with Gasteiger partial charge in [-0.15, -0.1) is 10.2 Å². The zero-order valence-electron chi connectivity index (χ0n) is 18.6. The number of amides is 1. The van der Waals surface area contributed by atoms with Gasteiger partial charge in [0.05, 0.1) is 10.8 Å². The second-order valence-corrected chi connectivity index (χ2v) is 9.08. The Balaban J connectivity index is 1.56. The Labute approximate surface area is 202 Å². The van der Waals surface area contributed by atoms with Crippen LogP contribution >= 0.6 is 23.4 Å². The largest absolute Gasteiger partial charge is 0.378 e. The van der Waals surface area contributed by atoms with Crippen LogP contribution in [0.1, 0.15) is 5.56 Å². The van der Waals surface area contributed by atoms with Crippen molar-refractivity contribution in [3.8, 4) is 17.1 Å². The number of benzene rings is 3. The Hall–Kier alpha value is -3.29. The second-order valence-electron chi connectivity index (χ2n) is 7.74. The van der Waals surface area contributed by atoms with Crippen LogP contribution in [0.25, 0.3) is 17.1 Å². The van der Waals surface area contributed by atoms with Crippen molar-refractivity contribution in [2.24, 2.45) is 0 Å². The van der Waals surface area contributed by atoms with Crippen LogP contribution in [0.3, 0.4) is 0 Å². The Bertz CT molecular complexity index is 1250. The minimum Gasteiger partial charge on any atom is -0.378 e. The highest BCUT2D eigenvalue weighted by Gasteiger charge is 2.19. The van der Waals surface area contributed by atoms with Gasteiger partial charge < -0.3 is 10.2 Å². The van der Waals surface area contributed by atoms with Crippen molar-refractivity contribution in [3.05, 3.63) is 83.4 Å². The summed E-state index contributed by atoms with van der Waals surface area (Å²) in [5.74, 6) is 0.712. The van der Waals surface area contributed by atoms with Crippen LogP contribution < -0.4 is 10.2 Å². The molecule has 0 fully saturated rings. The fourth-order valence-corrected chi connectivity index (χ4v) is 4.25. The summed E-state index contributed by atoms with van der Waals surface area (Å²) in [6.07, 6.45) is 0. The molecular weight excluding hydrogens is 454 g/mol. The average Bonchev–Trinajstić information content (AvgIpc) is 3.22. The van der Waals surface area contributed by atoms with E-state index >= 15 is 0 Å². The van der Waals surface area contributed by atoms with Crippen molar-refractivity contribution in [1.82, 2.24) is 14.8 Å². The zero-order chi connectivity index (χ0) is 23.4. The molecule has 0 spiro atoms. The van der Waals surface area contributed by atoms with Crippen LogP contribution in [0.4, 0.5) is 11.4 Å². The van der Waals surface area contributed by atoms with Gasteiger partial charge in [-0.1, -0.05) is 53.2 Å². The number of aromatic nitrogens is 3. The quantitative estimate of drug-likeness (QED) is 0.346. The molecule has 0 atom stereocenters. The van der Waals surface area contributed by atoms with Gasteiger partial charge in [0.25, 0.3) is 0 Å². The van der Waals surface area contributed by atoms with Crippen LogP contribution in [-0.4, -0.2) is 40.5 Å². The maximum atomic E-state index is 12.6. The van der Waals surface area contributed by atoms with Crippen molar-refractivity contribution in [2.75, 3.05) is 30.1 Å². The zero-order valence-corrected chi connectivity index (χ0v) is 20.2. The van der Waals surface area contributed by atoms with Crippen LogP contribution in [0.2, 0.25) is 5.02 Å². The number of thioether (sulfide) groups is 1. The molecule has 0 saturated heterocycles.